The van der Waals surface area contributed by atoms with E-state index in [9.17, 15) is 18.0 Å². The van der Waals surface area contributed by atoms with Gasteiger partial charge >= 0.3 is 0 Å². The third-order valence-corrected chi connectivity index (χ3v) is 12.0. The van der Waals surface area contributed by atoms with Crippen LogP contribution in [-0.4, -0.2) is 56.0 Å². The number of carbonyl (C=O) groups excluding carboxylic acids is 2. The van der Waals surface area contributed by atoms with Crippen molar-refractivity contribution < 1.29 is 36.4 Å². The van der Waals surface area contributed by atoms with E-state index in [1.165, 1.54) is 24.1 Å². The SMILES string of the molecule is CO[C@@H]1CCC[C@H]1S(=O)(=O)NC(=O)c1ccc(N2C(=O)[C@@H]3C[C@H]2C[C@H]3OCc2c(-c3c(Cl)cccc3Cl)noc2C2CC2)cc1F. The fourth-order valence-electron chi connectivity index (χ4n) is 7.18. The maximum atomic E-state index is 15.2. The average Bonchev–Trinajstić information content (AvgIpc) is 3.33. The first kappa shape index (κ1) is 31.6. The van der Waals surface area contributed by atoms with Crippen LogP contribution in [0.2, 0.25) is 10.0 Å². The molecule has 0 radical (unpaired) electrons. The number of hydrogen-bond acceptors (Lipinski definition) is 8. The lowest BCUT2D eigenvalue weighted by Gasteiger charge is -2.31. The quantitative estimate of drug-likeness (QED) is 0.274. The Morgan fingerprint density at radius 3 is 2.54 bits per heavy atom. The normalized spacial score (nSPS) is 25.9. The Morgan fingerprint density at radius 1 is 1.11 bits per heavy atom. The van der Waals surface area contributed by atoms with E-state index in [0.29, 0.717) is 59.1 Å². The van der Waals surface area contributed by atoms with Crippen LogP contribution in [0.3, 0.4) is 0 Å². The van der Waals surface area contributed by atoms with Gasteiger partial charge in [-0.3, -0.25) is 9.59 Å². The van der Waals surface area contributed by atoms with E-state index in [1.807, 2.05) is 4.72 Å². The number of nitrogens with zero attached hydrogens (tertiary/aromatic N) is 2. The number of hydrogen-bond donors (Lipinski definition) is 1. The molecule has 46 heavy (non-hydrogen) atoms. The topological polar surface area (TPSA) is 128 Å². The van der Waals surface area contributed by atoms with Crippen molar-refractivity contribution in [2.75, 3.05) is 12.0 Å². The number of anilines is 1. The minimum Gasteiger partial charge on any atom is -0.380 e. The third kappa shape index (κ3) is 5.61. The molecule has 3 aromatic rings. The summed E-state index contributed by atoms with van der Waals surface area (Å²) < 4.78 is 60.2. The van der Waals surface area contributed by atoms with Crippen LogP contribution in [-0.2, 0) is 30.9 Å². The van der Waals surface area contributed by atoms with Crippen molar-refractivity contribution in [2.24, 2.45) is 5.92 Å². The zero-order chi connectivity index (χ0) is 32.3. The molecule has 1 aromatic heterocycles. The van der Waals surface area contributed by atoms with Gasteiger partial charge in [0.1, 0.15) is 22.5 Å². The highest BCUT2D eigenvalue weighted by molar-refractivity contribution is 7.90. The Balaban J connectivity index is 1.03. The molecular formula is C32H32Cl2FN3O7S. The Morgan fingerprint density at radius 2 is 1.87 bits per heavy atom. The first-order chi connectivity index (χ1) is 22.1. The van der Waals surface area contributed by atoms with Crippen LogP contribution >= 0.6 is 23.2 Å². The molecule has 10 nitrogen and oxygen atoms in total. The number of carbonyl (C=O) groups is 2. The number of sulfonamides is 1. The molecule has 4 aliphatic rings. The molecule has 2 bridgehead atoms. The number of piperidine rings is 1. The van der Waals surface area contributed by atoms with Crippen LogP contribution in [0, 0.1) is 11.7 Å². The largest absolute Gasteiger partial charge is 0.380 e. The van der Waals surface area contributed by atoms with E-state index in [1.54, 1.807) is 18.2 Å². The molecule has 4 fully saturated rings. The van der Waals surface area contributed by atoms with E-state index in [0.717, 1.165) is 30.2 Å². The standard InChI is InChI=1S/C32H32Cl2FN3O7S/c1-43-25-6-3-7-27(25)46(41,42)37-31(39)19-11-10-17(13-24(19)35)38-18-12-20(32(38)40)26(14-18)44-15-21-29(36-45-30(21)16-8-9-16)28-22(33)4-2-5-23(28)34/h2,4-5,10-11,13,16,18,20,25-27H,3,6-9,12,14-15H2,1H3,(H,37,39)/t18-,20+,25+,26+,27+/m0/s1. The summed E-state index contributed by atoms with van der Waals surface area (Å²) in [5, 5.41) is 4.31. The second-order valence-corrected chi connectivity index (χ2v) is 15.1. The van der Waals surface area contributed by atoms with Gasteiger partial charge < -0.3 is 18.9 Å². The number of nitrogens with one attached hydrogen (secondary N) is 1. The molecule has 5 atom stereocenters. The summed E-state index contributed by atoms with van der Waals surface area (Å²) in [4.78, 5) is 27.9. The molecule has 244 valence electrons. The first-order valence-electron chi connectivity index (χ1n) is 15.3. The molecule has 2 aromatic carbocycles. The van der Waals surface area contributed by atoms with E-state index < -0.39 is 44.6 Å². The van der Waals surface area contributed by atoms with Crippen molar-refractivity contribution in [3.63, 3.8) is 0 Å². The molecule has 1 saturated heterocycles. The number of halogens is 3. The monoisotopic (exact) mass is 691 g/mol. The second-order valence-electron chi connectivity index (χ2n) is 12.4. The minimum absolute atomic E-state index is 0.167. The predicted molar refractivity (Wildman–Crippen MR) is 168 cm³/mol. The number of aromatic nitrogens is 1. The van der Waals surface area contributed by atoms with E-state index in [4.69, 9.17) is 37.2 Å². The van der Waals surface area contributed by atoms with Crippen molar-refractivity contribution in [1.29, 1.82) is 0 Å². The molecule has 2 amide bonds. The molecule has 14 heteroatoms. The van der Waals surface area contributed by atoms with Crippen LogP contribution in [0.25, 0.3) is 11.3 Å². The van der Waals surface area contributed by atoms with Gasteiger partial charge in [-0.25, -0.2) is 17.5 Å². The summed E-state index contributed by atoms with van der Waals surface area (Å²) in [5.74, 6) is -1.62. The maximum Gasteiger partial charge on any atom is 0.267 e. The van der Waals surface area contributed by atoms with E-state index in [-0.39, 0.29) is 30.6 Å². The van der Waals surface area contributed by atoms with Gasteiger partial charge in [0.25, 0.3) is 5.91 Å². The van der Waals surface area contributed by atoms with Crippen molar-refractivity contribution >= 4 is 50.7 Å². The fraction of sp³-hybridized carbons (Fsp3) is 0.469. The van der Waals surface area contributed by atoms with E-state index in [2.05, 4.69) is 5.16 Å². The van der Waals surface area contributed by atoms with Gasteiger partial charge in [-0.05, 0) is 75.3 Å². The van der Waals surface area contributed by atoms with Gasteiger partial charge in [-0.2, -0.15) is 0 Å². The van der Waals surface area contributed by atoms with Gasteiger partial charge in [0.05, 0.1) is 40.3 Å². The number of ether oxygens (including phenoxy) is 2. The maximum absolute atomic E-state index is 15.2. The average molecular weight is 693 g/mol. The van der Waals surface area contributed by atoms with E-state index >= 15 is 4.39 Å². The molecular weight excluding hydrogens is 660 g/mol. The van der Waals surface area contributed by atoms with Crippen molar-refractivity contribution in [2.45, 2.75) is 81.0 Å². The van der Waals surface area contributed by atoms with Crippen molar-refractivity contribution in [3.8, 4) is 11.3 Å². The lowest BCUT2D eigenvalue weighted by molar-refractivity contribution is -0.126. The molecule has 0 unspecified atom stereocenters. The Labute approximate surface area is 275 Å². The van der Waals surface area contributed by atoms with Gasteiger partial charge in [0.2, 0.25) is 15.9 Å². The zero-order valence-electron chi connectivity index (χ0n) is 24.9. The Kier molecular flexibility index (Phi) is 8.38. The summed E-state index contributed by atoms with van der Waals surface area (Å²) in [6.07, 6.45) is 3.73. The summed E-state index contributed by atoms with van der Waals surface area (Å²) in [6.45, 7) is 0.167. The molecule has 0 spiro atoms. The van der Waals surface area contributed by atoms with Crippen LogP contribution < -0.4 is 9.62 Å². The smallest absolute Gasteiger partial charge is 0.267 e. The number of fused-ring (bicyclic) bond motifs is 2. The Bertz CT molecular complexity index is 1790. The van der Waals surface area contributed by atoms with Crippen molar-refractivity contribution in [3.05, 3.63) is 69.1 Å². The molecule has 7 rings (SSSR count). The first-order valence-corrected chi connectivity index (χ1v) is 17.6. The zero-order valence-corrected chi connectivity index (χ0v) is 27.2. The lowest BCUT2D eigenvalue weighted by atomic mass is 10.0. The van der Waals surface area contributed by atoms with Crippen LogP contribution in [0.4, 0.5) is 10.1 Å². The Hall–Kier alpha value is -3.03. The molecule has 2 heterocycles. The fourth-order valence-corrected chi connectivity index (χ4v) is 9.40. The van der Waals surface area contributed by atoms with Crippen LogP contribution in [0.5, 0.6) is 0 Å². The summed E-state index contributed by atoms with van der Waals surface area (Å²) in [6, 6.07) is 8.77. The third-order valence-electron chi connectivity index (χ3n) is 9.61. The highest BCUT2D eigenvalue weighted by Gasteiger charge is 2.52. The van der Waals surface area contributed by atoms with Gasteiger partial charge in [0.15, 0.2) is 0 Å². The van der Waals surface area contributed by atoms with Crippen molar-refractivity contribution in [1.82, 2.24) is 9.88 Å². The van der Waals surface area contributed by atoms with Gasteiger partial charge in [-0.15, -0.1) is 0 Å². The lowest BCUT2D eigenvalue weighted by Crippen LogP contribution is -2.43. The number of rotatable bonds is 10. The van der Waals surface area contributed by atoms with Crippen LogP contribution in [0.1, 0.15) is 72.5 Å². The molecule has 1 aliphatic heterocycles. The number of benzene rings is 2. The predicted octanol–water partition coefficient (Wildman–Crippen LogP) is 6.00. The summed E-state index contributed by atoms with van der Waals surface area (Å²) in [7, 11) is -2.65. The highest BCUT2D eigenvalue weighted by Crippen LogP contribution is 2.48. The molecule has 1 N–H and O–H groups in total. The number of amides is 2. The second kappa shape index (κ2) is 12.2. The van der Waals surface area contributed by atoms with Gasteiger partial charge in [0, 0.05) is 35.9 Å². The number of methoxy groups -OCH3 is 1. The summed E-state index contributed by atoms with van der Waals surface area (Å²) in [5.41, 5.74) is 1.75. The highest BCUT2D eigenvalue weighted by atomic mass is 35.5. The molecule has 3 aliphatic carbocycles. The minimum atomic E-state index is -4.07. The molecule has 3 saturated carbocycles. The summed E-state index contributed by atoms with van der Waals surface area (Å²) >= 11 is 13.0. The van der Waals surface area contributed by atoms with Crippen LogP contribution in [0.15, 0.2) is 40.9 Å². The van der Waals surface area contributed by atoms with Gasteiger partial charge in [-0.1, -0.05) is 34.4 Å².